The molecule has 2 aromatic rings. The van der Waals surface area contributed by atoms with Gasteiger partial charge in [-0.05, 0) is 72.1 Å². The van der Waals surface area contributed by atoms with E-state index >= 15 is 0 Å². The number of carbonyl (C=O) groups excluding carboxylic acids is 1. The zero-order valence-corrected chi connectivity index (χ0v) is 19.0. The first-order chi connectivity index (χ1) is 16.0. The van der Waals surface area contributed by atoms with Gasteiger partial charge in [-0.1, -0.05) is 25.1 Å². The van der Waals surface area contributed by atoms with Crippen LogP contribution >= 0.6 is 0 Å². The maximum Gasteiger partial charge on any atom is 0.303 e. The van der Waals surface area contributed by atoms with Gasteiger partial charge in [0.15, 0.2) is 0 Å². The third-order valence-electron chi connectivity index (χ3n) is 6.56. The highest BCUT2D eigenvalue weighted by molar-refractivity contribution is 6.04. The molecule has 0 radical (unpaired) electrons. The van der Waals surface area contributed by atoms with Crippen LogP contribution in [0.25, 0.3) is 0 Å². The Kier molecular flexibility index (Phi) is 7.40. The summed E-state index contributed by atoms with van der Waals surface area (Å²) in [6.07, 6.45) is 4.65. The number of hydrazone groups is 1. The van der Waals surface area contributed by atoms with Crippen molar-refractivity contribution in [2.75, 3.05) is 31.6 Å². The van der Waals surface area contributed by atoms with Crippen molar-refractivity contribution in [3.8, 4) is 0 Å². The summed E-state index contributed by atoms with van der Waals surface area (Å²) in [4.78, 5) is 24.1. The molecule has 2 aliphatic rings. The molecule has 2 N–H and O–H groups in total. The summed E-state index contributed by atoms with van der Waals surface area (Å²) < 4.78 is 5.32. The molecular weight excluding hydrogens is 418 g/mol. The van der Waals surface area contributed by atoms with Crippen molar-refractivity contribution in [1.29, 1.82) is 0 Å². The Bertz CT molecular complexity index is 1010. The van der Waals surface area contributed by atoms with Crippen LogP contribution in [0.3, 0.4) is 0 Å². The van der Waals surface area contributed by atoms with Crippen LogP contribution in [0.4, 0.5) is 5.69 Å². The number of amides is 1. The van der Waals surface area contributed by atoms with Gasteiger partial charge in [0.25, 0.3) is 5.91 Å². The van der Waals surface area contributed by atoms with Gasteiger partial charge in [0, 0.05) is 17.7 Å². The molecule has 1 amide bonds. The summed E-state index contributed by atoms with van der Waals surface area (Å²) >= 11 is 0. The van der Waals surface area contributed by atoms with Crippen LogP contribution in [0.5, 0.6) is 0 Å². The molecular formula is C26H31N3O4. The van der Waals surface area contributed by atoms with Gasteiger partial charge < -0.3 is 15.2 Å². The van der Waals surface area contributed by atoms with Gasteiger partial charge in [0.1, 0.15) is 0 Å². The second-order valence-electron chi connectivity index (χ2n) is 8.71. The molecule has 0 saturated carbocycles. The van der Waals surface area contributed by atoms with Crippen LogP contribution in [0, 0.1) is 5.92 Å². The highest BCUT2D eigenvalue weighted by Gasteiger charge is 2.30. The van der Waals surface area contributed by atoms with Gasteiger partial charge in [-0.3, -0.25) is 14.6 Å². The van der Waals surface area contributed by atoms with Crippen molar-refractivity contribution < 1.29 is 19.4 Å². The van der Waals surface area contributed by atoms with Crippen molar-refractivity contribution in [2.45, 2.75) is 38.5 Å². The summed E-state index contributed by atoms with van der Waals surface area (Å²) in [6.45, 7) is 5.06. The topological polar surface area (TPSA) is 91.2 Å². The molecule has 2 aromatic carbocycles. The number of carboxylic acids is 1. The Balaban J connectivity index is 1.42. The molecule has 7 heteroatoms. The predicted octanol–water partition coefficient (Wildman–Crippen LogP) is 4.14. The van der Waals surface area contributed by atoms with E-state index in [1.54, 1.807) is 18.3 Å². The first kappa shape index (κ1) is 23.0. The number of anilines is 1. The van der Waals surface area contributed by atoms with Crippen LogP contribution in [0.1, 0.15) is 59.2 Å². The summed E-state index contributed by atoms with van der Waals surface area (Å²) in [5.41, 5.74) is 4.67. The number of carbonyl (C=O) groups is 2. The fraction of sp³-hybridized carbons (Fsp3) is 0.423. The number of carboxylic acid groups (broad SMARTS) is 1. The molecule has 1 aliphatic heterocycles. The van der Waals surface area contributed by atoms with E-state index in [1.807, 2.05) is 29.3 Å². The number of aryl methyl sites for hydroxylation is 1. The molecule has 0 spiro atoms. The molecule has 33 heavy (non-hydrogen) atoms. The Morgan fingerprint density at radius 3 is 2.64 bits per heavy atom. The minimum absolute atomic E-state index is 0.137. The molecule has 0 aromatic heterocycles. The Hall–Kier alpha value is -3.19. The summed E-state index contributed by atoms with van der Waals surface area (Å²) in [5, 5.41) is 18.7. The van der Waals surface area contributed by atoms with Crippen molar-refractivity contribution in [3.63, 3.8) is 0 Å². The van der Waals surface area contributed by atoms with Gasteiger partial charge in [-0.25, -0.2) is 0 Å². The third kappa shape index (κ3) is 5.79. The standard InChI is InChI=1S/C26H31N3O4/c1-2-23-21(15-25(30)31)8-7-19-9-10-22(16-24(19)23)28-26(32)20-5-3-18(4-6-20)17-27-29-11-13-33-14-12-29/h3-6,9-10,16-17,21,23H,2,7-8,11-15H2,1H3,(H,28,32)(H,30,31). The van der Waals surface area contributed by atoms with E-state index in [0.717, 1.165) is 43.6 Å². The number of rotatable bonds is 7. The van der Waals surface area contributed by atoms with E-state index in [2.05, 4.69) is 23.4 Å². The molecule has 1 aliphatic carbocycles. The molecule has 1 saturated heterocycles. The van der Waals surface area contributed by atoms with E-state index in [-0.39, 0.29) is 24.2 Å². The van der Waals surface area contributed by atoms with Gasteiger partial charge >= 0.3 is 5.97 Å². The zero-order valence-electron chi connectivity index (χ0n) is 19.0. The van der Waals surface area contributed by atoms with Gasteiger partial charge in [-0.15, -0.1) is 0 Å². The van der Waals surface area contributed by atoms with Crippen molar-refractivity contribution in [3.05, 3.63) is 64.7 Å². The maximum absolute atomic E-state index is 12.8. The van der Waals surface area contributed by atoms with Gasteiger partial charge in [0.05, 0.1) is 32.5 Å². The van der Waals surface area contributed by atoms with E-state index in [0.29, 0.717) is 18.8 Å². The molecule has 4 rings (SSSR count). The number of nitrogens with zero attached hydrogens (tertiary/aromatic N) is 2. The summed E-state index contributed by atoms with van der Waals surface area (Å²) in [5.74, 6) is -0.577. The average molecular weight is 450 g/mol. The van der Waals surface area contributed by atoms with Crippen LogP contribution in [-0.4, -0.2) is 54.5 Å². The van der Waals surface area contributed by atoms with E-state index in [1.165, 1.54) is 11.1 Å². The number of ether oxygens (including phenoxy) is 1. The van der Waals surface area contributed by atoms with Crippen molar-refractivity contribution in [2.24, 2.45) is 11.0 Å². The smallest absolute Gasteiger partial charge is 0.303 e. The first-order valence-corrected chi connectivity index (χ1v) is 11.7. The zero-order chi connectivity index (χ0) is 23.2. The van der Waals surface area contributed by atoms with Crippen LogP contribution in [0.2, 0.25) is 0 Å². The van der Waals surface area contributed by atoms with Gasteiger partial charge in [-0.2, -0.15) is 5.10 Å². The lowest BCUT2D eigenvalue weighted by Crippen LogP contribution is -2.32. The number of hydrogen-bond acceptors (Lipinski definition) is 5. The second-order valence-corrected chi connectivity index (χ2v) is 8.71. The Morgan fingerprint density at radius 2 is 1.94 bits per heavy atom. The molecule has 1 fully saturated rings. The summed E-state index contributed by atoms with van der Waals surface area (Å²) in [7, 11) is 0. The highest BCUT2D eigenvalue weighted by Crippen LogP contribution is 2.41. The number of aliphatic carboxylic acids is 1. The Morgan fingerprint density at radius 1 is 1.18 bits per heavy atom. The monoisotopic (exact) mass is 449 g/mol. The SMILES string of the molecule is CCC1c2cc(NC(=O)c3ccc(C=NN4CCOCC4)cc3)ccc2CCC1CC(=O)O. The lowest BCUT2D eigenvalue weighted by molar-refractivity contribution is -0.138. The maximum atomic E-state index is 12.8. The number of fused-ring (bicyclic) bond motifs is 1. The average Bonchev–Trinajstić information content (AvgIpc) is 2.83. The number of nitrogens with one attached hydrogen (secondary N) is 1. The van der Waals surface area contributed by atoms with Crippen LogP contribution in [-0.2, 0) is 16.0 Å². The van der Waals surface area contributed by atoms with E-state index < -0.39 is 5.97 Å². The van der Waals surface area contributed by atoms with Crippen LogP contribution < -0.4 is 5.32 Å². The fourth-order valence-corrected chi connectivity index (χ4v) is 4.80. The molecule has 7 nitrogen and oxygen atoms in total. The number of benzene rings is 2. The molecule has 2 unspecified atom stereocenters. The molecule has 0 bridgehead atoms. The third-order valence-corrected chi connectivity index (χ3v) is 6.56. The number of morpholine rings is 1. The normalized spacial score (nSPS) is 20.5. The lowest BCUT2D eigenvalue weighted by atomic mass is 9.72. The molecule has 2 atom stereocenters. The van der Waals surface area contributed by atoms with Crippen molar-refractivity contribution >= 4 is 23.8 Å². The summed E-state index contributed by atoms with van der Waals surface area (Å²) in [6, 6.07) is 13.4. The van der Waals surface area contributed by atoms with Gasteiger partial charge in [0.2, 0.25) is 0 Å². The lowest BCUT2D eigenvalue weighted by Gasteiger charge is -2.32. The Labute approximate surface area is 194 Å². The largest absolute Gasteiger partial charge is 0.481 e. The minimum atomic E-state index is -0.746. The minimum Gasteiger partial charge on any atom is -0.481 e. The molecule has 1 heterocycles. The van der Waals surface area contributed by atoms with Crippen LogP contribution in [0.15, 0.2) is 47.6 Å². The fourth-order valence-electron chi connectivity index (χ4n) is 4.80. The van der Waals surface area contributed by atoms with Crippen molar-refractivity contribution in [1.82, 2.24) is 5.01 Å². The quantitative estimate of drug-likeness (QED) is 0.620. The van der Waals surface area contributed by atoms with E-state index in [9.17, 15) is 14.7 Å². The second kappa shape index (κ2) is 10.6. The molecule has 174 valence electrons. The predicted molar refractivity (Wildman–Crippen MR) is 128 cm³/mol. The highest BCUT2D eigenvalue weighted by atomic mass is 16.5. The van der Waals surface area contributed by atoms with E-state index in [4.69, 9.17) is 4.74 Å². The number of hydrogen-bond donors (Lipinski definition) is 2. The first-order valence-electron chi connectivity index (χ1n) is 11.7.